The number of quaternary nitrogens is 1. The van der Waals surface area contributed by atoms with Gasteiger partial charge in [-0.25, -0.2) is 0 Å². The van der Waals surface area contributed by atoms with Crippen LogP contribution in [0.3, 0.4) is 0 Å². The summed E-state index contributed by atoms with van der Waals surface area (Å²) >= 11 is 0. The van der Waals surface area contributed by atoms with E-state index in [-0.39, 0.29) is 22.8 Å². The maximum Gasteiger partial charge on any atom is 0.216 e. The largest absolute Gasteiger partial charge is 1.00 e. The van der Waals surface area contributed by atoms with Gasteiger partial charge in [0.25, 0.3) is 0 Å². The first-order chi connectivity index (χ1) is 9.55. The first-order valence-electron chi connectivity index (χ1n) is 7.95. The molecule has 0 amide bonds. The number of hydrogen-bond acceptors (Lipinski definition) is 1. The Morgan fingerprint density at radius 1 is 0.952 bits per heavy atom. The van der Waals surface area contributed by atoms with E-state index in [1.807, 2.05) is 30.3 Å². The first kappa shape index (κ1) is 20.3. The molecule has 0 aliphatic heterocycles. The highest BCUT2D eigenvalue weighted by Crippen LogP contribution is 2.10. The lowest BCUT2D eigenvalue weighted by Gasteiger charge is -2.29. The fraction of sp³-hybridized carbons (Fsp3) is 0.611. The van der Waals surface area contributed by atoms with Crippen LogP contribution >= 0.6 is 0 Å². The number of unbranched alkanes of at least 4 members (excludes halogenated alkanes) is 5. The van der Waals surface area contributed by atoms with Crippen LogP contribution in [0.2, 0.25) is 0 Å². The Morgan fingerprint density at radius 2 is 1.52 bits per heavy atom. The highest BCUT2D eigenvalue weighted by molar-refractivity contribution is 5.96. The standard InChI is InChI=1S/C18H30NO.BrH/c1-4-5-6-7-8-12-15-19(2,3)16-18(20)17-13-10-9-11-14-17;/h9-11,13-14H,4-8,12,15-16H2,1-3H3;1H/q+1;/p-1. The zero-order valence-corrected chi connectivity index (χ0v) is 15.4. The van der Waals surface area contributed by atoms with E-state index in [2.05, 4.69) is 21.0 Å². The van der Waals surface area contributed by atoms with Crippen molar-refractivity contribution in [3.63, 3.8) is 0 Å². The molecule has 0 saturated heterocycles. The van der Waals surface area contributed by atoms with E-state index in [4.69, 9.17) is 0 Å². The van der Waals surface area contributed by atoms with Crippen LogP contribution in [0, 0.1) is 0 Å². The number of carbonyl (C=O) groups excluding carboxylic acids is 1. The van der Waals surface area contributed by atoms with Gasteiger partial charge in [-0.05, 0) is 12.8 Å². The molecular formula is C18H30BrNO. The molecule has 1 aromatic carbocycles. The van der Waals surface area contributed by atoms with E-state index < -0.39 is 0 Å². The second-order valence-corrected chi connectivity index (χ2v) is 6.37. The van der Waals surface area contributed by atoms with Gasteiger partial charge in [0.1, 0.15) is 6.54 Å². The van der Waals surface area contributed by atoms with E-state index in [9.17, 15) is 4.79 Å². The summed E-state index contributed by atoms with van der Waals surface area (Å²) in [6.45, 7) is 3.93. The Kier molecular flexibility index (Phi) is 10.6. The molecule has 0 heterocycles. The topological polar surface area (TPSA) is 17.1 Å². The van der Waals surface area contributed by atoms with Gasteiger partial charge < -0.3 is 21.5 Å². The van der Waals surface area contributed by atoms with Crippen molar-refractivity contribution in [1.29, 1.82) is 0 Å². The summed E-state index contributed by atoms with van der Waals surface area (Å²) < 4.78 is 0.793. The molecule has 0 fully saturated rings. The molecule has 0 saturated carbocycles. The van der Waals surface area contributed by atoms with Crippen LogP contribution < -0.4 is 17.0 Å². The number of Topliss-reactive ketones (excluding diaryl/α,β-unsaturated/α-hetero) is 1. The van der Waals surface area contributed by atoms with Gasteiger partial charge in [-0.3, -0.25) is 4.79 Å². The van der Waals surface area contributed by atoms with E-state index in [1.165, 1.54) is 38.5 Å². The predicted octanol–water partition coefficient (Wildman–Crippen LogP) is 1.31. The molecule has 0 aromatic heterocycles. The molecule has 0 atom stereocenters. The zero-order valence-electron chi connectivity index (χ0n) is 13.8. The number of nitrogens with zero attached hydrogens (tertiary/aromatic N) is 1. The summed E-state index contributed by atoms with van der Waals surface area (Å²) in [5.74, 6) is 0.251. The smallest absolute Gasteiger partial charge is 0.216 e. The molecule has 0 bridgehead atoms. The SMILES string of the molecule is CCCCCCCC[N+](C)(C)CC(=O)c1ccccc1.[Br-]. The summed E-state index contributed by atoms with van der Waals surface area (Å²) in [5, 5.41) is 0. The number of carbonyl (C=O) groups is 1. The van der Waals surface area contributed by atoms with Gasteiger partial charge in [-0.15, -0.1) is 0 Å². The van der Waals surface area contributed by atoms with Crippen LogP contribution in [0.15, 0.2) is 30.3 Å². The number of likely N-dealkylation sites (N-methyl/N-ethyl adjacent to an activating group) is 1. The van der Waals surface area contributed by atoms with Crippen molar-refractivity contribution in [3.05, 3.63) is 35.9 Å². The monoisotopic (exact) mass is 355 g/mol. The third-order valence-electron chi connectivity index (χ3n) is 3.78. The summed E-state index contributed by atoms with van der Waals surface area (Å²) in [5.41, 5.74) is 0.835. The highest BCUT2D eigenvalue weighted by Gasteiger charge is 2.20. The van der Waals surface area contributed by atoms with Crippen LogP contribution in [0.1, 0.15) is 55.8 Å². The van der Waals surface area contributed by atoms with Crippen LogP contribution in [0.5, 0.6) is 0 Å². The van der Waals surface area contributed by atoms with Gasteiger partial charge in [0.2, 0.25) is 5.78 Å². The van der Waals surface area contributed by atoms with E-state index in [1.54, 1.807) is 0 Å². The number of rotatable bonds is 10. The lowest BCUT2D eigenvalue weighted by Crippen LogP contribution is -3.00. The van der Waals surface area contributed by atoms with Crippen LogP contribution in [0.25, 0.3) is 0 Å². The molecule has 0 aliphatic rings. The van der Waals surface area contributed by atoms with Crippen LogP contribution in [-0.4, -0.2) is 37.5 Å². The van der Waals surface area contributed by atoms with Gasteiger partial charge in [0.05, 0.1) is 20.6 Å². The van der Waals surface area contributed by atoms with Gasteiger partial charge in [-0.2, -0.15) is 0 Å². The zero-order chi connectivity index (χ0) is 14.8. The molecule has 0 unspecified atom stereocenters. The number of halogens is 1. The van der Waals surface area contributed by atoms with Crippen molar-refractivity contribution in [2.45, 2.75) is 45.4 Å². The summed E-state index contributed by atoms with van der Waals surface area (Å²) in [7, 11) is 4.32. The van der Waals surface area contributed by atoms with Gasteiger partial charge in [0, 0.05) is 5.56 Å². The van der Waals surface area contributed by atoms with Gasteiger partial charge >= 0.3 is 0 Å². The third-order valence-corrected chi connectivity index (χ3v) is 3.78. The fourth-order valence-electron chi connectivity index (χ4n) is 2.50. The molecule has 2 nitrogen and oxygen atoms in total. The quantitative estimate of drug-likeness (QED) is 0.351. The van der Waals surface area contributed by atoms with Gasteiger partial charge in [0.15, 0.2) is 0 Å². The minimum absolute atomic E-state index is 0. The Labute approximate surface area is 140 Å². The fourth-order valence-corrected chi connectivity index (χ4v) is 2.50. The predicted molar refractivity (Wildman–Crippen MR) is 86.0 cm³/mol. The summed E-state index contributed by atoms with van der Waals surface area (Å²) in [4.78, 5) is 12.2. The molecule has 120 valence electrons. The molecule has 0 aliphatic carbocycles. The number of hydrogen-bond donors (Lipinski definition) is 0. The Morgan fingerprint density at radius 3 is 2.14 bits per heavy atom. The minimum atomic E-state index is 0. The minimum Gasteiger partial charge on any atom is -1.00 e. The average Bonchev–Trinajstić information content (AvgIpc) is 2.43. The molecule has 0 N–H and O–H groups in total. The Bertz CT molecular complexity index is 389. The molecule has 21 heavy (non-hydrogen) atoms. The lowest BCUT2D eigenvalue weighted by atomic mass is 10.1. The molecule has 1 aromatic rings. The lowest BCUT2D eigenvalue weighted by molar-refractivity contribution is -0.882. The van der Waals surface area contributed by atoms with Crippen molar-refractivity contribution >= 4 is 5.78 Å². The van der Waals surface area contributed by atoms with E-state index in [0.29, 0.717) is 6.54 Å². The summed E-state index contributed by atoms with van der Waals surface area (Å²) in [6.07, 6.45) is 7.85. The second-order valence-electron chi connectivity index (χ2n) is 6.37. The maximum absolute atomic E-state index is 12.2. The average molecular weight is 356 g/mol. The summed E-state index contributed by atoms with van der Waals surface area (Å²) in [6, 6.07) is 9.63. The molecule has 0 spiro atoms. The van der Waals surface area contributed by atoms with Crippen LogP contribution in [-0.2, 0) is 0 Å². The highest BCUT2D eigenvalue weighted by atomic mass is 79.9. The maximum atomic E-state index is 12.2. The van der Waals surface area contributed by atoms with Gasteiger partial charge in [-0.1, -0.05) is 62.9 Å². The first-order valence-corrected chi connectivity index (χ1v) is 7.95. The third kappa shape index (κ3) is 9.05. The van der Waals surface area contributed by atoms with E-state index in [0.717, 1.165) is 16.6 Å². The van der Waals surface area contributed by atoms with Crippen molar-refractivity contribution in [1.82, 2.24) is 0 Å². The normalized spacial score (nSPS) is 11.0. The van der Waals surface area contributed by atoms with Crippen molar-refractivity contribution < 1.29 is 26.3 Å². The Balaban J connectivity index is 0.00000400. The molecule has 3 heteroatoms. The second kappa shape index (κ2) is 11.0. The van der Waals surface area contributed by atoms with Crippen LogP contribution in [0.4, 0.5) is 0 Å². The molecule has 1 rings (SSSR count). The van der Waals surface area contributed by atoms with Crippen molar-refractivity contribution in [3.8, 4) is 0 Å². The molecule has 0 radical (unpaired) electrons. The molecular weight excluding hydrogens is 326 g/mol. The van der Waals surface area contributed by atoms with E-state index >= 15 is 0 Å². The van der Waals surface area contributed by atoms with Crippen molar-refractivity contribution in [2.75, 3.05) is 27.2 Å². The number of benzene rings is 1. The Hall–Kier alpha value is -0.670. The number of ketones is 1. The van der Waals surface area contributed by atoms with Crippen molar-refractivity contribution in [2.24, 2.45) is 0 Å².